The van der Waals surface area contributed by atoms with Gasteiger partial charge in [-0.05, 0) is 43.5 Å². The molecule has 0 aromatic heterocycles. The number of rotatable bonds is 2. The Morgan fingerprint density at radius 1 is 1.33 bits per heavy atom. The molecule has 1 aliphatic rings. The van der Waals surface area contributed by atoms with Crippen molar-refractivity contribution in [3.63, 3.8) is 0 Å². The lowest BCUT2D eigenvalue weighted by Crippen LogP contribution is -2.33. The molecule has 7 heteroatoms. The SMILES string of the molecule is CC(N)C1CCN(C(=O)c2ccc(C(F)(F)F)cc2)C1.Cl. The summed E-state index contributed by atoms with van der Waals surface area (Å²) < 4.78 is 37.4. The second-order valence-electron chi connectivity index (χ2n) is 5.23. The lowest BCUT2D eigenvalue weighted by atomic mass is 10.0. The van der Waals surface area contributed by atoms with Gasteiger partial charge in [0.15, 0.2) is 0 Å². The second-order valence-corrected chi connectivity index (χ2v) is 5.23. The number of nitrogens with two attached hydrogens (primary N) is 1. The summed E-state index contributed by atoms with van der Waals surface area (Å²) in [4.78, 5) is 13.8. The molecule has 1 fully saturated rings. The normalized spacial score (nSPS) is 20.0. The van der Waals surface area contributed by atoms with E-state index in [-0.39, 0.29) is 35.8 Å². The minimum atomic E-state index is -4.38. The van der Waals surface area contributed by atoms with Gasteiger partial charge in [-0.2, -0.15) is 13.2 Å². The van der Waals surface area contributed by atoms with Crippen molar-refractivity contribution >= 4 is 18.3 Å². The molecule has 2 unspecified atom stereocenters. The molecule has 2 rings (SSSR count). The zero-order chi connectivity index (χ0) is 14.9. The predicted octanol–water partition coefficient (Wildman–Crippen LogP) is 2.94. The predicted molar refractivity (Wildman–Crippen MR) is 76.4 cm³/mol. The Kier molecular flexibility index (Phi) is 5.64. The van der Waals surface area contributed by atoms with Gasteiger partial charge in [0, 0.05) is 24.7 Å². The molecule has 118 valence electrons. The molecule has 2 atom stereocenters. The number of hydrogen-bond donors (Lipinski definition) is 1. The van der Waals surface area contributed by atoms with Crippen LogP contribution in [0.4, 0.5) is 13.2 Å². The fourth-order valence-electron chi connectivity index (χ4n) is 2.39. The van der Waals surface area contributed by atoms with E-state index in [1.807, 2.05) is 6.92 Å². The van der Waals surface area contributed by atoms with Crippen LogP contribution in [-0.4, -0.2) is 29.9 Å². The van der Waals surface area contributed by atoms with Gasteiger partial charge in [0.25, 0.3) is 5.91 Å². The molecule has 1 aliphatic heterocycles. The monoisotopic (exact) mass is 322 g/mol. The number of nitrogens with zero attached hydrogens (tertiary/aromatic N) is 1. The highest BCUT2D eigenvalue weighted by atomic mass is 35.5. The van der Waals surface area contributed by atoms with E-state index >= 15 is 0 Å². The molecule has 2 N–H and O–H groups in total. The van der Waals surface area contributed by atoms with Gasteiger partial charge in [-0.15, -0.1) is 12.4 Å². The van der Waals surface area contributed by atoms with E-state index in [0.717, 1.165) is 18.6 Å². The molecule has 0 spiro atoms. The highest BCUT2D eigenvalue weighted by Gasteiger charge is 2.32. The Labute approximate surface area is 127 Å². The average Bonchev–Trinajstić information content (AvgIpc) is 2.86. The van der Waals surface area contributed by atoms with Gasteiger partial charge in [-0.3, -0.25) is 4.79 Å². The highest BCUT2D eigenvalue weighted by Crippen LogP contribution is 2.29. The van der Waals surface area contributed by atoms with E-state index < -0.39 is 11.7 Å². The summed E-state index contributed by atoms with van der Waals surface area (Å²) >= 11 is 0. The van der Waals surface area contributed by atoms with Crippen molar-refractivity contribution in [3.05, 3.63) is 35.4 Å². The Morgan fingerprint density at radius 3 is 2.33 bits per heavy atom. The zero-order valence-electron chi connectivity index (χ0n) is 11.6. The topological polar surface area (TPSA) is 46.3 Å². The number of carbonyl (C=O) groups excluding carboxylic acids is 1. The third-order valence-corrected chi connectivity index (χ3v) is 3.71. The summed E-state index contributed by atoms with van der Waals surface area (Å²) in [6.07, 6.45) is -3.54. The smallest absolute Gasteiger partial charge is 0.338 e. The molecule has 1 amide bonds. The van der Waals surface area contributed by atoms with Crippen molar-refractivity contribution in [1.82, 2.24) is 4.90 Å². The largest absolute Gasteiger partial charge is 0.416 e. The molecule has 0 radical (unpaired) electrons. The fraction of sp³-hybridized carbons (Fsp3) is 0.500. The second kappa shape index (κ2) is 6.66. The van der Waals surface area contributed by atoms with Gasteiger partial charge in [0.1, 0.15) is 0 Å². The van der Waals surface area contributed by atoms with E-state index in [2.05, 4.69) is 0 Å². The summed E-state index contributed by atoms with van der Waals surface area (Å²) in [5.74, 6) is 0.0234. The molecule has 1 heterocycles. The van der Waals surface area contributed by atoms with Gasteiger partial charge < -0.3 is 10.6 Å². The molecule has 3 nitrogen and oxygen atoms in total. The zero-order valence-corrected chi connectivity index (χ0v) is 12.4. The van der Waals surface area contributed by atoms with E-state index in [0.29, 0.717) is 13.1 Å². The van der Waals surface area contributed by atoms with Crippen LogP contribution in [0.15, 0.2) is 24.3 Å². The first-order valence-electron chi connectivity index (χ1n) is 6.51. The Bertz CT molecular complexity index is 488. The van der Waals surface area contributed by atoms with Crippen molar-refractivity contribution in [2.45, 2.75) is 25.6 Å². The highest BCUT2D eigenvalue weighted by molar-refractivity contribution is 5.94. The molecular weight excluding hydrogens is 305 g/mol. The summed E-state index contributed by atoms with van der Waals surface area (Å²) in [5, 5.41) is 0. The number of hydrogen-bond acceptors (Lipinski definition) is 2. The van der Waals surface area contributed by atoms with Crippen LogP contribution in [0.25, 0.3) is 0 Å². The van der Waals surface area contributed by atoms with Gasteiger partial charge in [-0.25, -0.2) is 0 Å². The van der Waals surface area contributed by atoms with Crippen molar-refractivity contribution < 1.29 is 18.0 Å². The van der Waals surface area contributed by atoms with E-state index in [1.165, 1.54) is 12.1 Å². The van der Waals surface area contributed by atoms with Crippen LogP contribution in [0, 0.1) is 5.92 Å². The first-order chi connectivity index (χ1) is 9.29. The Hall–Kier alpha value is -1.27. The molecule has 0 aliphatic carbocycles. The maximum Gasteiger partial charge on any atom is 0.416 e. The average molecular weight is 323 g/mol. The lowest BCUT2D eigenvalue weighted by molar-refractivity contribution is -0.137. The van der Waals surface area contributed by atoms with E-state index in [4.69, 9.17) is 5.73 Å². The standard InChI is InChI=1S/C14H17F3N2O.ClH/c1-9(18)11-6-7-19(8-11)13(20)10-2-4-12(5-3-10)14(15,16)17;/h2-5,9,11H,6-8,18H2,1H3;1H. The molecule has 21 heavy (non-hydrogen) atoms. The van der Waals surface area contributed by atoms with Gasteiger partial charge >= 0.3 is 6.18 Å². The van der Waals surface area contributed by atoms with E-state index in [9.17, 15) is 18.0 Å². The van der Waals surface area contributed by atoms with Crippen molar-refractivity contribution in [3.8, 4) is 0 Å². The maximum absolute atomic E-state index is 12.5. The summed E-state index contributed by atoms with van der Waals surface area (Å²) in [6.45, 7) is 3.07. The molecular formula is C14H18ClF3N2O. The fourth-order valence-corrected chi connectivity index (χ4v) is 2.39. The Morgan fingerprint density at radius 2 is 1.90 bits per heavy atom. The van der Waals surface area contributed by atoms with Crippen molar-refractivity contribution in [1.29, 1.82) is 0 Å². The van der Waals surface area contributed by atoms with Crippen molar-refractivity contribution in [2.75, 3.05) is 13.1 Å². The number of carbonyl (C=O) groups is 1. The van der Waals surface area contributed by atoms with Crippen LogP contribution < -0.4 is 5.73 Å². The van der Waals surface area contributed by atoms with Crippen molar-refractivity contribution in [2.24, 2.45) is 11.7 Å². The molecule has 0 bridgehead atoms. The summed E-state index contributed by atoms with van der Waals surface area (Å²) in [6, 6.07) is 4.34. The first kappa shape index (κ1) is 17.8. The number of amides is 1. The molecule has 1 aromatic carbocycles. The lowest BCUT2D eigenvalue weighted by Gasteiger charge is -2.18. The minimum absolute atomic E-state index is 0. The van der Waals surface area contributed by atoms with Gasteiger partial charge in [0.05, 0.1) is 5.56 Å². The number of halogens is 4. The minimum Gasteiger partial charge on any atom is -0.338 e. The van der Waals surface area contributed by atoms with Crippen LogP contribution in [-0.2, 0) is 6.18 Å². The van der Waals surface area contributed by atoms with E-state index in [1.54, 1.807) is 4.90 Å². The number of benzene rings is 1. The molecule has 1 saturated heterocycles. The Balaban J connectivity index is 0.00000220. The van der Waals surface area contributed by atoms with Gasteiger partial charge in [0.2, 0.25) is 0 Å². The van der Waals surface area contributed by atoms with Crippen LogP contribution in [0.3, 0.4) is 0 Å². The number of likely N-dealkylation sites (tertiary alicyclic amines) is 1. The third kappa shape index (κ3) is 4.11. The molecule has 0 saturated carbocycles. The number of alkyl halides is 3. The quantitative estimate of drug-likeness (QED) is 0.910. The van der Waals surface area contributed by atoms with Crippen LogP contribution in [0.5, 0.6) is 0 Å². The summed E-state index contributed by atoms with van der Waals surface area (Å²) in [5.41, 5.74) is 5.34. The van der Waals surface area contributed by atoms with Crippen LogP contribution in [0.1, 0.15) is 29.3 Å². The maximum atomic E-state index is 12.5. The van der Waals surface area contributed by atoms with Gasteiger partial charge in [-0.1, -0.05) is 0 Å². The third-order valence-electron chi connectivity index (χ3n) is 3.71. The van der Waals surface area contributed by atoms with Crippen LogP contribution in [0.2, 0.25) is 0 Å². The first-order valence-corrected chi connectivity index (χ1v) is 6.51. The summed E-state index contributed by atoms with van der Waals surface area (Å²) in [7, 11) is 0. The van der Waals surface area contributed by atoms with Crippen LogP contribution >= 0.6 is 12.4 Å². The molecule has 1 aromatic rings.